The molecule has 0 saturated heterocycles. The van der Waals surface area contributed by atoms with Crippen molar-refractivity contribution in [3.05, 3.63) is 33.2 Å². The highest BCUT2D eigenvalue weighted by atomic mass is 79.9. The Hall–Kier alpha value is -0.850. The quantitative estimate of drug-likeness (QED) is 0.922. The van der Waals surface area contributed by atoms with E-state index in [2.05, 4.69) is 44.4 Å². The molecule has 0 aliphatic carbocycles. The third-order valence-corrected chi connectivity index (χ3v) is 4.09. The van der Waals surface area contributed by atoms with E-state index in [4.69, 9.17) is 5.73 Å². The number of aromatic nitrogens is 2. The van der Waals surface area contributed by atoms with E-state index in [0.717, 1.165) is 29.8 Å². The smallest absolute Gasteiger partial charge is 0.0719 e. The highest BCUT2D eigenvalue weighted by Gasteiger charge is 2.03. The number of thiophene rings is 1. The summed E-state index contributed by atoms with van der Waals surface area (Å²) in [6.45, 7) is 2.78. The van der Waals surface area contributed by atoms with E-state index in [0.29, 0.717) is 0 Å². The molecular weight excluding hydrogens is 300 g/mol. The maximum Gasteiger partial charge on any atom is 0.0719 e. The summed E-state index contributed by atoms with van der Waals surface area (Å²) >= 11 is 5.24. The Morgan fingerprint density at radius 3 is 3.00 bits per heavy atom. The molecule has 2 aromatic heterocycles. The molecule has 0 aliphatic heterocycles. The second kappa shape index (κ2) is 5.66. The largest absolute Gasteiger partial charge is 0.396 e. The van der Waals surface area contributed by atoms with Crippen molar-refractivity contribution in [1.29, 1.82) is 0 Å². The van der Waals surface area contributed by atoms with Crippen molar-refractivity contribution in [1.82, 2.24) is 14.7 Å². The molecule has 0 atom stereocenters. The molecule has 0 aromatic carbocycles. The summed E-state index contributed by atoms with van der Waals surface area (Å²) in [6, 6.07) is 2.16. The molecular formula is C11H15BrN4S. The first-order chi connectivity index (χ1) is 8.13. The van der Waals surface area contributed by atoms with Gasteiger partial charge in [0.2, 0.25) is 0 Å². The lowest BCUT2D eigenvalue weighted by Gasteiger charge is -2.15. The minimum Gasteiger partial charge on any atom is -0.396 e. The van der Waals surface area contributed by atoms with Gasteiger partial charge in [0, 0.05) is 34.0 Å². The summed E-state index contributed by atoms with van der Waals surface area (Å²) in [6.07, 6.45) is 3.53. The summed E-state index contributed by atoms with van der Waals surface area (Å²) in [5.74, 6) is 0. The molecule has 2 aromatic rings. The van der Waals surface area contributed by atoms with Gasteiger partial charge < -0.3 is 5.73 Å². The third-order valence-electron chi connectivity index (χ3n) is 2.41. The number of hydrogen-bond donors (Lipinski definition) is 1. The Bertz CT molecular complexity index is 479. The third kappa shape index (κ3) is 3.83. The predicted molar refractivity (Wildman–Crippen MR) is 75.0 cm³/mol. The summed E-state index contributed by atoms with van der Waals surface area (Å²) < 4.78 is 3.03. The van der Waals surface area contributed by atoms with E-state index in [9.17, 15) is 0 Å². The molecule has 2 N–H and O–H groups in total. The van der Waals surface area contributed by atoms with Crippen molar-refractivity contribution in [3.63, 3.8) is 0 Å². The Kier molecular flexibility index (Phi) is 4.20. The number of likely N-dealkylation sites (N-methyl/N-ethyl adjacent to an activating group) is 1. The molecule has 0 saturated carbocycles. The minimum atomic E-state index is 0.717. The first-order valence-electron chi connectivity index (χ1n) is 5.33. The van der Waals surface area contributed by atoms with Gasteiger partial charge in [0.15, 0.2) is 0 Å². The monoisotopic (exact) mass is 314 g/mol. The predicted octanol–water partition coefficient (Wildman–Crippen LogP) is 2.42. The van der Waals surface area contributed by atoms with Crippen LogP contribution in [0.1, 0.15) is 4.88 Å². The molecule has 0 amide bonds. The number of halogens is 1. The van der Waals surface area contributed by atoms with Gasteiger partial charge in [0.1, 0.15) is 0 Å². The molecule has 92 valence electrons. The van der Waals surface area contributed by atoms with Gasteiger partial charge in [-0.15, -0.1) is 11.3 Å². The van der Waals surface area contributed by atoms with Crippen LogP contribution in [0.4, 0.5) is 5.69 Å². The topological polar surface area (TPSA) is 47.1 Å². The molecule has 2 rings (SSSR count). The average Bonchev–Trinajstić information content (AvgIpc) is 2.85. The first-order valence-corrected chi connectivity index (χ1v) is 7.00. The van der Waals surface area contributed by atoms with E-state index >= 15 is 0 Å². The first kappa shape index (κ1) is 12.6. The van der Waals surface area contributed by atoms with Crippen LogP contribution in [0.15, 0.2) is 28.3 Å². The standard InChI is InChI=1S/C11H15BrN4S/c1-15(7-11-4-9(12)8-17-11)2-3-16-6-10(13)5-14-16/h4-6,8H,2-3,7,13H2,1H3. The van der Waals surface area contributed by atoms with E-state index in [1.807, 2.05) is 10.9 Å². The van der Waals surface area contributed by atoms with Crippen molar-refractivity contribution in [2.24, 2.45) is 0 Å². The Labute approximate surface area is 113 Å². The van der Waals surface area contributed by atoms with Crippen LogP contribution in [0.3, 0.4) is 0 Å². The fraction of sp³-hybridized carbons (Fsp3) is 0.364. The Morgan fingerprint density at radius 2 is 2.41 bits per heavy atom. The zero-order valence-corrected chi connectivity index (χ0v) is 12.0. The molecule has 0 bridgehead atoms. The summed E-state index contributed by atoms with van der Waals surface area (Å²) in [5.41, 5.74) is 6.33. The second-order valence-electron chi connectivity index (χ2n) is 4.01. The highest BCUT2D eigenvalue weighted by Crippen LogP contribution is 2.20. The lowest BCUT2D eigenvalue weighted by atomic mass is 10.4. The molecule has 0 fully saturated rings. The van der Waals surface area contributed by atoms with Crippen LogP contribution in [0.2, 0.25) is 0 Å². The SMILES string of the molecule is CN(CCn1cc(N)cn1)Cc1cc(Br)cs1. The molecule has 2 heterocycles. The molecule has 6 heteroatoms. The highest BCUT2D eigenvalue weighted by molar-refractivity contribution is 9.10. The lowest BCUT2D eigenvalue weighted by molar-refractivity contribution is 0.307. The Morgan fingerprint density at radius 1 is 1.59 bits per heavy atom. The van der Waals surface area contributed by atoms with Gasteiger partial charge in [0.05, 0.1) is 18.4 Å². The lowest BCUT2D eigenvalue weighted by Crippen LogP contribution is -2.22. The fourth-order valence-corrected chi connectivity index (χ4v) is 3.09. The number of nitrogen functional groups attached to an aromatic ring is 1. The summed E-state index contributed by atoms with van der Waals surface area (Å²) in [7, 11) is 2.11. The van der Waals surface area contributed by atoms with Gasteiger partial charge in [-0.3, -0.25) is 9.58 Å². The van der Waals surface area contributed by atoms with E-state index < -0.39 is 0 Å². The normalized spacial score (nSPS) is 11.2. The molecule has 0 radical (unpaired) electrons. The van der Waals surface area contributed by atoms with Crippen molar-refractivity contribution < 1.29 is 0 Å². The van der Waals surface area contributed by atoms with Gasteiger partial charge in [-0.25, -0.2) is 0 Å². The summed E-state index contributed by atoms with van der Waals surface area (Å²) in [4.78, 5) is 3.63. The van der Waals surface area contributed by atoms with Crippen LogP contribution in [0, 0.1) is 0 Å². The van der Waals surface area contributed by atoms with Crippen LogP contribution in [-0.2, 0) is 13.1 Å². The molecule has 0 aliphatic rings. The second-order valence-corrected chi connectivity index (χ2v) is 5.92. The van der Waals surface area contributed by atoms with Crippen molar-refractivity contribution in [2.75, 3.05) is 19.3 Å². The van der Waals surface area contributed by atoms with Crippen LogP contribution in [0.25, 0.3) is 0 Å². The number of rotatable bonds is 5. The number of anilines is 1. The zero-order chi connectivity index (χ0) is 12.3. The van der Waals surface area contributed by atoms with E-state index in [1.54, 1.807) is 17.5 Å². The van der Waals surface area contributed by atoms with Gasteiger partial charge in [0.25, 0.3) is 0 Å². The number of hydrogen-bond acceptors (Lipinski definition) is 4. The average molecular weight is 315 g/mol. The van der Waals surface area contributed by atoms with Gasteiger partial charge in [-0.1, -0.05) is 0 Å². The minimum absolute atomic E-state index is 0.717. The fourth-order valence-electron chi connectivity index (χ4n) is 1.56. The summed E-state index contributed by atoms with van der Waals surface area (Å²) in [5, 5.41) is 6.27. The Balaban J connectivity index is 1.79. The number of nitrogens with two attached hydrogens (primary N) is 1. The van der Waals surface area contributed by atoms with E-state index in [1.165, 1.54) is 4.88 Å². The zero-order valence-electron chi connectivity index (χ0n) is 9.64. The van der Waals surface area contributed by atoms with E-state index in [-0.39, 0.29) is 0 Å². The van der Waals surface area contributed by atoms with Gasteiger partial charge in [-0.2, -0.15) is 5.10 Å². The van der Waals surface area contributed by atoms with Crippen LogP contribution >= 0.6 is 27.3 Å². The molecule has 0 spiro atoms. The van der Waals surface area contributed by atoms with Crippen LogP contribution < -0.4 is 5.73 Å². The van der Waals surface area contributed by atoms with Crippen molar-refractivity contribution in [3.8, 4) is 0 Å². The van der Waals surface area contributed by atoms with Crippen LogP contribution in [0.5, 0.6) is 0 Å². The van der Waals surface area contributed by atoms with Gasteiger partial charge >= 0.3 is 0 Å². The molecule has 17 heavy (non-hydrogen) atoms. The molecule has 4 nitrogen and oxygen atoms in total. The number of nitrogens with zero attached hydrogens (tertiary/aromatic N) is 3. The van der Waals surface area contributed by atoms with Crippen LogP contribution in [-0.4, -0.2) is 28.3 Å². The maximum absolute atomic E-state index is 5.61. The van der Waals surface area contributed by atoms with Gasteiger partial charge in [-0.05, 0) is 29.0 Å². The maximum atomic E-state index is 5.61. The molecule has 0 unspecified atom stereocenters. The van der Waals surface area contributed by atoms with Crippen molar-refractivity contribution in [2.45, 2.75) is 13.1 Å². The van der Waals surface area contributed by atoms with Crippen molar-refractivity contribution >= 4 is 33.0 Å².